The van der Waals surface area contributed by atoms with Gasteiger partial charge < -0.3 is 5.11 Å². The van der Waals surface area contributed by atoms with Gasteiger partial charge in [-0.25, -0.2) is 13.1 Å². The van der Waals surface area contributed by atoms with Crippen molar-refractivity contribution >= 4 is 33.4 Å². The fourth-order valence-electron chi connectivity index (χ4n) is 2.05. The van der Waals surface area contributed by atoms with Crippen LogP contribution in [0.15, 0.2) is 23.1 Å². The van der Waals surface area contributed by atoms with E-state index in [1.54, 1.807) is 17.8 Å². The maximum atomic E-state index is 12.4. The molecule has 1 fully saturated rings. The van der Waals surface area contributed by atoms with E-state index < -0.39 is 10.0 Å². The highest BCUT2D eigenvalue weighted by molar-refractivity contribution is 7.99. The summed E-state index contributed by atoms with van der Waals surface area (Å²) in [6.45, 7) is -0.251. The molecule has 1 atom stereocenters. The van der Waals surface area contributed by atoms with Crippen LogP contribution in [-0.2, 0) is 10.0 Å². The van der Waals surface area contributed by atoms with E-state index in [0.29, 0.717) is 5.56 Å². The lowest BCUT2D eigenvalue weighted by Gasteiger charge is -2.22. The van der Waals surface area contributed by atoms with Crippen molar-refractivity contribution in [2.75, 3.05) is 18.1 Å². The molecule has 1 aromatic carbocycles. The highest BCUT2D eigenvalue weighted by Crippen LogP contribution is 2.24. The number of benzene rings is 1. The molecule has 2 rings (SSSR count). The lowest BCUT2D eigenvalue weighted by atomic mass is 10.2. The Labute approximate surface area is 134 Å². The van der Waals surface area contributed by atoms with Crippen LogP contribution in [0.3, 0.4) is 0 Å². The fraction of sp³-hybridized carbons (Fsp3) is 0.429. The van der Waals surface area contributed by atoms with Crippen molar-refractivity contribution in [3.8, 4) is 11.8 Å². The van der Waals surface area contributed by atoms with Crippen LogP contribution in [0, 0.1) is 11.8 Å². The summed E-state index contributed by atoms with van der Waals surface area (Å²) in [5.41, 5.74) is 0.571. The third kappa shape index (κ3) is 4.63. The van der Waals surface area contributed by atoms with E-state index in [9.17, 15) is 8.42 Å². The number of sulfonamides is 1. The Hall–Kier alpha value is -0.710. The maximum Gasteiger partial charge on any atom is 0.242 e. The average molecular weight is 346 g/mol. The van der Waals surface area contributed by atoms with Gasteiger partial charge >= 0.3 is 0 Å². The van der Waals surface area contributed by atoms with E-state index >= 15 is 0 Å². The first-order chi connectivity index (χ1) is 10.0. The maximum absolute atomic E-state index is 12.4. The summed E-state index contributed by atoms with van der Waals surface area (Å²) >= 11 is 7.81. The zero-order valence-corrected chi connectivity index (χ0v) is 13.7. The molecule has 0 amide bonds. The standard InChI is InChI=1S/C14H16ClNO3S2/c15-13-9-11(3-1-7-17)5-6-14(13)21(18,19)16-12-4-2-8-20-10-12/h5-6,9,12,16-17H,2,4,7-8,10H2. The van der Waals surface area contributed by atoms with E-state index in [4.69, 9.17) is 16.7 Å². The molecule has 1 aliphatic heterocycles. The van der Waals surface area contributed by atoms with Crippen LogP contribution < -0.4 is 4.72 Å². The first kappa shape index (κ1) is 16.7. The normalized spacial score (nSPS) is 18.9. The number of aliphatic hydroxyl groups is 1. The van der Waals surface area contributed by atoms with Gasteiger partial charge in [0, 0.05) is 17.4 Å². The van der Waals surface area contributed by atoms with E-state index in [1.165, 1.54) is 12.1 Å². The molecule has 1 aliphatic rings. The summed E-state index contributed by atoms with van der Waals surface area (Å²) in [6.07, 6.45) is 1.87. The Bertz CT molecular complexity index is 659. The molecule has 0 radical (unpaired) electrons. The van der Waals surface area contributed by atoms with Crippen LogP contribution in [0.4, 0.5) is 0 Å². The van der Waals surface area contributed by atoms with Crippen LogP contribution in [0.1, 0.15) is 18.4 Å². The molecule has 0 bridgehead atoms. The summed E-state index contributed by atoms with van der Waals surface area (Å²) < 4.78 is 27.4. The van der Waals surface area contributed by atoms with Gasteiger partial charge in [-0.15, -0.1) is 0 Å². The lowest BCUT2D eigenvalue weighted by molar-refractivity contribution is 0.350. The van der Waals surface area contributed by atoms with Crippen molar-refractivity contribution < 1.29 is 13.5 Å². The molecule has 2 N–H and O–H groups in total. The Morgan fingerprint density at radius 3 is 2.90 bits per heavy atom. The first-order valence-corrected chi connectivity index (χ1v) is 9.54. The minimum absolute atomic E-state index is 0.0429. The number of thioether (sulfide) groups is 1. The fourth-order valence-corrected chi connectivity index (χ4v) is 5.05. The van der Waals surface area contributed by atoms with E-state index in [0.717, 1.165) is 24.3 Å². The Kier molecular flexibility index (Phi) is 5.97. The minimum atomic E-state index is -3.62. The number of aliphatic hydroxyl groups excluding tert-OH is 1. The topological polar surface area (TPSA) is 66.4 Å². The first-order valence-electron chi connectivity index (χ1n) is 6.52. The predicted molar refractivity (Wildman–Crippen MR) is 86.1 cm³/mol. The largest absolute Gasteiger partial charge is 0.384 e. The second-order valence-electron chi connectivity index (χ2n) is 4.64. The van der Waals surface area contributed by atoms with Crippen LogP contribution in [-0.4, -0.2) is 37.7 Å². The van der Waals surface area contributed by atoms with E-state index in [-0.39, 0.29) is 22.6 Å². The molecule has 7 heteroatoms. The van der Waals surface area contributed by atoms with Gasteiger partial charge in [0.1, 0.15) is 11.5 Å². The van der Waals surface area contributed by atoms with Crippen molar-refractivity contribution in [1.82, 2.24) is 4.72 Å². The van der Waals surface area contributed by atoms with Crippen LogP contribution in [0.5, 0.6) is 0 Å². The molecule has 1 saturated heterocycles. The average Bonchev–Trinajstić information content (AvgIpc) is 2.45. The van der Waals surface area contributed by atoms with Crippen LogP contribution in [0.25, 0.3) is 0 Å². The SMILES string of the molecule is O=S(=O)(NC1CCCSC1)c1ccc(C#CCO)cc1Cl. The Morgan fingerprint density at radius 2 is 2.29 bits per heavy atom. The summed E-state index contributed by atoms with van der Waals surface area (Å²) in [7, 11) is -3.62. The summed E-state index contributed by atoms with van der Waals surface area (Å²) in [5, 5.41) is 8.78. The molecule has 1 heterocycles. The zero-order chi connectivity index (χ0) is 15.3. The Balaban J connectivity index is 2.19. The van der Waals surface area contributed by atoms with Gasteiger partial charge in [0.25, 0.3) is 0 Å². The molecule has 1 aromatic rings. The quantitative estimate of drug-likeness (QED) is 0.821. The molecule has 114 valence electrons. The molecule has 1 unspecified atom stereocenters. The number of rotatable bonds is 3. The second kappa shape index (κ2) is 7.52. The molecule has 0 aromatic heterocycles. The van der Waals surface area contributed by atoms with Crippen LogP contribution >= 0.6 is 23.4 Å². The lowest BCUT2D eigenvalue weighted by Crippen LogP contribution is -2.38. The molecule has 0 saturated carbocycles. The number of nitrogens with one attached hydrogen (secondary N) is 1. The highest BCUT2D eigenvalue weighted by Gasteiger charge is 2.24. The van der Waals surface area contributed by atoms with E-state index in [2.05, 4.69) is 16.6 Å². The smallest absolute Gasteiger partial charge is 0.242 e. The molecule has 4 nitrogen and oxygen atoms in total. The van der Waals surface area contributed by atoms with Crippen molar-refractivity contribution in [3.05, 3.63) is 28.8 Å². The van der Waals surface area contributed by atoms with Crippen molar-refractivity contribution in [3.63, 3.8) is 0 Å². The number of hydrogen-bond donors (Lipinski definition) is 2. The van der Waals surface area contributed by atoms with E-state index in [1.807, 2.05) is 0 Å². The van der Waals surface area contributed by atoms with Crippen molar-refractivity contribution in [2.24, 2.45) is 0 Å². The summed E-state index contributed by atoms with van der Waals surface area (Å²) in [5.74, 6) is 7.06. The zero-order valence-electron chi connectivity index (χ0n) is 11.3. The van der Waals surface area contributed by atoms with Crippen LogP contribution in [0.2, 0.25) is 5.02 Å². The van der Waals surface area contributed by atoms with Gasteiger partial charge in [-0.05, 0) is 36.8 Å². The summed E-state index contributed by atoms with van der Waals surface area (Å²) in [4.78, 5) is 0.0642. The van der Waals surface area contributed by atoms with Crippen molar-refractivity contribution in [1.29, 1.82) is 0 Å². The molecular weight excluding hydrogens is 330 g/mol. The molecule has 21 heavy (non-hydrogen) atoms. The van der Waals surface area contributed by atoms with Gasteiger partial charge in [-0.3, -0.25) is 0 Å². The van der Waals surface area contributed by atoms with Gasteiger partial charge in [-0.1, -0.05) is 23.4 Å². The second-order valence-corrected chi connectivity index (χ2v) is 7.88. The number of hydrogen-bond acceptors (Lipinski definition) is 4. The monoisotopic (exact) mass is 345 g/mol. The van der Waals surface area contributed by atoms with Crippen molar-refractivity contribution in [2.45, 2.75) is 23.8 Å². The number of halogens is 1. The van der Waals surface area contributed by atoms with Gasteiger partial charge in [0.15, 0.2) is 0 Å². The third-order valence-electron chi connectivity index (χ3n) is 3.02. The molecule has 0 spiro atoms. The van der Waals surface area contributed by atoms with Gasteiger partial charge in [0.2, 0.25) is 10.0 Å². The minimum Gasteiger partial charge on any atom is -0.384 e. The highest BCUT2D eigenvalue weighted by atomic mass is 35.5. The Morgan fingerprint density at radius 1 is 1.48 bits per heavy atom. The van der Waals surface area contributed by atoms with Gasteiger partial charge in [-0.2, -0.15) is 11.8 Å². The molecular formula is C14H16ClNO3S2. The predicted octanol–water partition coefficient (Wildman–Crippen LogP) is 1.86. The summed E-state index contributed by atoms with van der Waals surface area (Å²) in [6, 6.07) is 4.48. The molecule has 0 aliphatic carbocycles. The van der Waals surface area contributed by atoms with Gasteiger partial charge in [0.05, 0.1) is 5.02 Å². The third-order valence-corrected chi connectivity index (χ3v) is 6.23.